The number of pyridine rings is 1. The highest BCUT2D eigenvalue weighted by atomic mass is 79.9. The van der Waals surface area contributed by atoms with Gasteiger partial charge in [-0.25, -0.2) is 4.79 Å². The van der Waals surface area contributed by atoms with Crippen LogP contribution in [0.4, 0.5) is 4.79 Å². The van der Waals surface area contributed by atoms with E-state index in [1.54, 1.807) is 18.3 Å². The Labute approximate surface area is 120 Å². The quantitative estimate of drug-likeness (QED) is 0.860. The Morgan fingerprint density at radius 3 is 2.79 bits per heavy atom. The number of aliphatic hydroxyl groups excluding tert-OH is 1. The molecule has 1 aromatic heterocycles. The highest BCUT2D eigenvalue weighted by Crippen LogP contribution is 2.34. The molecule has 1 aromatic rings. The zero-order chi connectivity index (χ0) is 14.2. The van der Waals surface area contributed by atoms with Gasteiger partial charge in [-0.1, -0.05) is 15.9 Å². The highest BCUT2D eigenvalue weighted by molar-refractivity contribution is 9.10. The van der Waals surface area contributed by atoms with E-state index < -0.39 is 23.8 Å². The summed E-state index contributed by atoms with van der Waals surface area (Å²) in [4.78, 5) is 17.7. The Bertz CT molecular complexity index is 487. The van der Waals surface area contributed by atoms with Crippen LogP contribution in [0.1, 0.15) is 32.5 Å². The molecule has 0 radical (unpaired) electrons. The van der Waals surface area contributed by atoms with Crippen molar-refractivity contribution >= 4 is 22.0 Å². The van der Waals surface area contributed by atoms with Crippen molar-refractivity contribution in [3.8, 4) is 0 Å². The van der Waals surface area contributed by atoms with Crippen LogP contribution in [0.2, 0.25) is 0 Å². The van der Waals surface area contributed by atoms with Crippen LogP contribution in [0.5, 0.6) is 0 Å². The second kappa shape index (κ2) is 5.09. The number of likely N-dealkylation sites (tertiary alicyclic amines) is 1. The molecule has 1 amide bonds. The van der Waals surface area contributed by atoms with Crippen LogP contribution >= 0.6 is 15.9 Å². The molecular formula is C13H17BrN2O3. The van der Waals surface area contributed by atoms with Crippen molar-refractivity contribution in [2.24, 2.45) is 0 Å². The zero-order valence-corrected chi connectivity index (χ0v) is 12.7. The number of ether oxygens (including phenoxy) is 1. The van der Waals surface area contributed by atoms with Gasteiger partial charge in [0.25, 0.3) is 0 Å². The first-order chi connectivity index (χ1) is 8.78. The van der Waals surface area contributed by atoms with Gasteiger partial charge < -0.3 is 9.84 Å². The molecular weight excluding hydrogens is 312 g/mol. The monoisotopic (exact) mass is 328 g/mol. The summed E-state index contributed by atoms with van der Waals surface area (Å²) in [5.41, 5.74) is 0.103. The third-order valence-electron chi connectivity index (χ3n) is 2.76. The molecule has 0 aliphatic carbocycles. The fraction of sp³-hybridized carbons (Fsp3) is 0.538. The summed E-state index contributed by atoms with van der Waals surface area (Å²) in [5, 5.41) is 9.86. The van der Waals surface area contributed by atoms with Crippen LogP contribution in [0.15, 0.2) is 22.8 Å². The predicted octanol–water partition coefficient (Wildman–Crippen LogP) is 2.50. The summed E-state index contributed by atoms with van der Waals surface area (Å²) >= 11 is 3.35. The molecule has 0 bridgehead atoms. The first-order valence-electron chi connectivity index (χ1n) is 6.07. The summed E-state index contributed by atoms with van der Waals surface area (Å²) in [7, 11) is 0. The number of carbonyl (C=O) groups is 1. The standard InChI is InChI=1S/C13H17BrN2O3/c1-13(2,3)19-12(18)16-7-10(17)11(16)9-6-8(14)4-5-15-9/h4-6,10-11,17H,7H2,1-3H3. The van der Waals surface area contributed by atoms with Gasteiger partial charge in [0.15, 0.2) is 0 Å². The molecule has 2 unspecified atom stereocenters. The zero-order valence-electron chi connectivity index (χ0n) is 11.1. The Hall–Kier alpha value is -1.14. The molecule has 0 aromatic carbocycles. The highest BCUT2D eigenvalue weighted by Gasteiger charge is 2.44. The number of aliphatic hydroxyl groups is 1. The number of carbonyl (C=O) groups excluding carboxylic acids is 1. The third kappa shape index (κ3) is 3.25. The van der Waals surface area contributed by atoms with Crippen molar-refractivity contribution in [3.63, 3.8) is 0 Å². The molecule has 2 rings (SSSR count). The number of amides is 1. The van der Waals surface area contributed by atoms with Crippen molar-refractivity contribution in [3.05, 3.63) is 28.5 Å². The van der Waals surface area contributed by atoms with Gasteiger partial charge >= 0.3 is 6.09 Å². The SMILES string of the molecule is CC(C)(C)OC(=O)N1CC(O)C1c1cc(Br)ccn1. The summed E-state index contributed by atoms with van der Waals surface area (Å²) in [5.74, 6) is 0. The lowest BCUT2D eigenvalue weighted by molar-refractivity contribution is -0.0737. The van der Waals surface area contributed by atoms with Crippen molar-refractivity contribution in [2.75, 3.05) is 6.54 Å². The van der Waals surface area contributed by atoms with E-state index in [0.717, 1.165) is 4.47 Å². The number of hydrogen-bond donors (Lipinski definition) is 1. The maximum absolute atomic E-state index is 12.0. The molecule has 1 saturated heterocycles. The predicted molar refractivity (Wildman–Crippen MR) is 73.6 cm³/mol. The van der Waals surface area contributed by atoms with E-state index in [4.69, 9.17) is 4.74 Å². The Morgan fingerprint density at radius 1 is 1.58 bits per heavy atom. The second-order valence-electron chi connectivity index (χ2n) is 5.54. The van der Waals surface area contributed by atoms with Gasteiger partial charge in [0.2, 0.25) is 0 Å². The van der Waals surface area contributed by atoms with Gasteiger partial charge in [0.1, 0.15) is 11.6 Å². The molecule has 2 heterocycles. The number of nitrogens with zero attached hydrogens (tertiary/aromatic N) is 2. The van der Waals surface area contributed by atoms with Crippen molar-refractivity contribution < 1.29 is 14.6 Å². The van der Waals surface area contributed by atoms with Gasteiger partial charge in [0, 0.05) is 10.7 Å². The van der Waals surface area contributed by atoms with Gasteiger partial charge in [-0.15, -0.1) is 0 Å². The Morgan fingerprint density at radius 2 is 2.26 bits per heavy atom. The van der Waals surface area contributed by atoms with Gasteiger partial charge in [-0.05, 0) is 32.9 Å². The van der Waals surface area contributed by atoms with Gasteiger partial charge in [0.05, 0.1) is 18.3 Å². The Kier molecular flexibility index (Phi) is 3.82. The molecule has 19 heavy (non-hydrogen) atoms. The Balaban J connectivity index is 2.14. The average Bonchev–Trinajstić information content (AvgIpc) is 2.23. The van der Waals surface area contributed by atoms with Crippen molar-refractivity contribution in [2.45, 2.75) is 38.5 Å². The van der Waals surface area contributed by atoms with E-state index in [9.17, 15) is 9.90 Å². The van der Waals surface area contributed by atoms with E-state index in [1.807, 2.05) is 20.8 Å². The summed E-state index contributed by atoms with van der Waals surface area (Å²) < 4.78 is 6.17. The van der Waals surface area contributed by atoms with Crippen molar-refractivity contribution in [1.82, 2.24) is 9.88 Å². The molecule has 6 heteroatoms. The number of aromatic nitrogens is 1. The minimum absolute atomic E-state index is 0.272. The maximum Gasteiger partial charge on any atom is 0.411 e. The fourth-order valence-electron chi connectivity index (χ4n) is 1.93. The van der Waals surface area contributed by atoms with Crippen LogP contribution in [-0.2, 0) is 4.74 Å². The third-order valence-corrected chi connectivity index (χ3v) is 3.25. The first-order valence-corrected chi connectivity index (χ1v) is 6.86. The van der Waals surface area contributed by atoms with Crippen LogP contribution < -0.4 is 0 Å². The maximum atomic E-state index is 12.0. The first kappa shape index (κ1) is 14.3. The van der Waals surface area contributed by atoms with E-state index in [1.165, 1.54) is 4.90 Å². The molecule has 2 atom stereocenters. The molecule has 0 saturated carbocycles. The summed E-state index contributed by atoms with van der Waals surface area (Å²) in [6.45, 7) is 5.71. The lowest BCUT2D eigenvalue weighted by atomic mass is 9.96. The molecule has 1 fully saturated rings. The fourth-order valence-corrected chi connectivity index (χ4v) is 2.29. The molecule has 5 nitrogen and oxygen atoms in total. The summed E-state index contributed by atoms with van der Waals surface area (Å²) in [6.07, 6.45) is 0.608. The van der Waals surface area contributed by atoms with Crippen LogP contribution in [-0.4, -0.2) is 39.3 Å². The second-order valence-corrected chi connectivity index (χ2v) is 6.46. The van der Waals surface area contributed by atoms with E-state index >= 15 is 0 Å². The van der Waals surface area contributed by atoms with Gasteiger partial charge in [-0.3, -0.25) is 9.88 Å². The smallest absolute Gasteiger partial charge is 0.411 e. The van der Waals surface area contributed by atoms with Gasteiger partial charge in [-0.2, -0.15) is 0 Å². The van der Waals surface area contributed by atoms with E-state index in [-0.39, 0.29) is 6.54 Å². The van der Waals surface area contributed by atoms with Crippen LogP contribution in [0, 0.1) is 0 Å². The lowest BCUT2D eigenvalue weighted by Gasteiger charge is -2.44. The van der Waals surface area contributed by atoms with Crippen molar-refractivity contribution in [1.29, 1.82) is 0 Å². The summed E-state index contributed by atoms with van der Waals surface area (Å²) in [6, 6.07) is 3.16. The number of hydrogen-bond acceptors (Lipinski definition) is 4. The van der Waals surface area contributed by atoms with E-state index in [2.05, 4.69) is 20.9 Å². The van der Waals surface area contributed by atoms with Crippen LogP contribution in [0.25, 0.3) is 0 Å². The lowest BCUT2D eigenvalue weighted by Crippen LogP contribution is -2.57. The minimum atomic E-state index is -0.602. The normalized spacial score (nSPS) is 22.9. The topological polar surface area (TPSA) is 62.7 Å². The van der Waals surface area contributed by atoms with Crippen LogP contribution in [0.3, 0.4) is 0 Å². The number of rotatable bonds is 1. The minimum Gasteiger partial charge on any atom is -0.444 e. The van der Waals surface area contributed by atoms with E-state index in [0.29, 0.717) is 5.69 Å². The largest absolute Gasteiger partial charge is 0.444 e. The number of halogens is 1. The molecule has 1 aliphatic rings. The number of β-amino-alcohol motifs (C(OH)–C–C–N with tert-alkyl or cyclic N) is 1. The molecule has 104 valence electrons. The molecule has 1 N–H and O–H groups in total. The molecule has 0 spiro atoms. The average molecular weight is 329 g/mol. The molecule has 1 aliphatic heterocycles.